The van der Waals surface area contributed by atoms with Crippen LogP contribution >= 0.6 is 11.8 Å². The van der Waals surface area contributed by atoms with Crippen molar-refractivity contribution in [1.29, 1.82) is 0 Å². The van der Waals surface area contributed by atoms with Crippen LogP contribution in [0.15, 0.2) is 60.8 Å². The first-order valence-corrected chi connectivity index (χ1v) is 23.2. The van der Waals surface area contributed by atoms with E-state index in [1.54, 1.807) is 11.1 Å². The highest BCUT2D eigenvalue weighted by Gasteiger charge is 2.39. The van der Waals surface area contributed by atoms with Gasteiger partial charge in [-0.3, -0.25) is 14.4 Å². The number of aromatic nitrogens is 1. The average molecular weight is 1040 g/mol. The number of thioether (sulfide) groups is 1. The van der Waals surface area contributed by atoms with Crippen LogP contribution in [0.3, 0.4) is 0 Å². The topological polar surface area (TPSA) is 252 Å². The normalized spacial score (nSPS) is 12.8. The van der Waals surface area contributed by atoms with Gasteiger partial charge < -0.3 is 46.4 Å². The molecule has 0 fully saturated rings. The van der Waals surface area contributed by atoms with E-state index in [0.29, 0.717) is 57.4 Å². The third-order valence-electron chi connectivity index (χ3n) is 10.2. The second-order valence-electron chi connectivity index (χ2n) is 17.1. The summed E-state index contributed by atoms with van der Waals surface area (Å²) in [5.41, 5.74) is 13.3. The first kappa shape index (κ1) is 63.1. The van der Waals surface area contributed by atoms with E-state index in [-0.39, 0.29) is 60.2 Å². The Balaban J connectivity index is 0.00000156. The van der Waals surface area contributed by atoms with Crippen LogP contribution in [0.5, 0.6) is 0 Å². The molecule has 1 heterocycles. The van der Waals surface area contributed by atoms with Crippen LogP contribution < -0.4 is 16.8 Å². The molecule has 15 nitrogen and oxygen atoms in total. The first-order valence-electron chi connectivity index (χ1n) is 22.1. The predicted octanol–water partition coefficient (Wildman–Crippen LogP) is 7.78. The highest BCUT2D eigenvalue weighted by atomic mass is 32.2. The molecule has 0 unspecified atom stereocenters. The summed E-state index contributed by atoms with van der Waals surface area (Å²) in [7, 11) is 0. The number of hydrogen-bond donors (Lipinski definition) is 6. The Morgan fingerprint density at radius 1 is 0.789 bits per heavy atom. The molecule has 8 N–H and O–H groups in total. The van der Waals surface area contributed by atoms with Gasteiger partial charge in [0.25, 0.3) is 0 Å². The van der Waals surface area contributed by atoms with Gasteiger partial charge in [0.15, 0.2) is 0 Å². The molecule has 1 aromatic heterocycles. The zero-order valence-corrected chi connectivity index (χ0v) is 40.4. The Morgan fingerprint density at radius 2 is 1.37 bits per heavy atom. The van der Waals surface area contributed by atoms with Crippen LogP contribution in [-0.4, -0.2) is 116 Å². The van der Waals surface area contributed by atoms with Gasteiger partial charge >= 0.3 is 30.3 Å². The number of nitrogens with one attached hydrogen (secondary N) is 1. The van der Waals surface area contributed by atoms with Crippen molar-refractivity contribution in [1.82, 2.24) is 14.8 Å². The molecule has 0 spiro atoms. The molecule has 396 valence electrons. The maximum absolute atomic E-state index is 15.1. The number of alkyl halides is 6. The Labute approximate surface area is 409 Å². The molecule has 2 amide bonds. The number of benzene rings is 2. The van der Waals surface area contributed by atoms with Gasteiger partial charge in [-0.25, -0.2) is 23.2 Å². The fourth-order valence-electron chi connectivity index (χ4n) is 6.95. The number of carboxylic acid groups (broad SMARTS) is 3. The maximum Gasteiger partial charge on any atom is 0.490 e. The van der Waals surface area contributed by atoms with Crippen LogP contribution in [0.25, 0.3) is 11.1 Å². The lowest BCUT2D eigenvalue weighted by atomic mass is 9.83. The smallest absolute Gasteiger partial charge is 0.480 e. The fourth-order valence-corrected chi connectivity index (χ4v) is 7.77. The van der Waals surface area contributed by atoms with E-state index in [2.05, 4.69) is 5.32 Å². The summed E-state index contributed by atoms with van der Waals surface area (Å²) in [6.07, 6.45) is -6.16. The number of Topliss-reactive ketones (excluding diaryl/α,β-unsaturated/α-hetero) is 2. The number of nitrogens with zero attached hydrogens (tertiary/aromatic N) is 2. The van der Waals surface area contributed by atoms with E-state index in [0.717, 1.165) is 29.5 Å². The van der Waals surface area contributed by atoms with Crippen molar-refractivity contribution in [3.63, 3.8) is 0 Å². The number of nitrogens with two attached hydrogens (primary N) is 2. The van der Waals surface area contributed by atoms with Crippen molar-refractivity contribution < 1.29 is 84.0 Å². The number of ketones is 2. The Hall–Kier alpha value is -5.88. The van der Waals surface area contributed by atoms with Gasteiger partial charge in [0, 0.05) is 67.0 Å². The van der Waals surface area contributed by atoms with Gasteiger partial charge in [0.1, 0.15) is 29.2 Å². The van der Waals surface area contributed by atoms with Crippen molar-refractivity contribution >= 4 is 53.1 Å². The quantitative estimate of drug-likeness (QED) is 0.0351. The highest BCUT2D eigenvalue weighted by Crippen LogP contribution is 2.41. The van der Waals surface area contributed by atoms with Crippen LogP contribution in [0.4, 0.5) is 35.1 Å². The summed E-state index contributed by atoms with van der Waals surface area (Å²) in [5.74, 6) is -9.25. The van der Waals surface area contributed by atoms with Gasteiger partial charge in [0.05, 0.1) is 11.8 Å². The fraction of sp³-hybridized carbons (Fsp3) is 0.511. The zero-order chi connectivity index (χ0) is 54.3. The molecule has 2 aromatic carbocycles. The van der Waals surface area contributed by atoms with Gasteiger partial charge in [-0.1, -0.05) is 57.5 Å². The third kappa shape index (κ3) is 23.7. The Bertz CT molecular complexity index is 2200. The minimum atomic E-state index is -5.08. The molecular weight excluding hydrogens is 979 g/mol. The largest absolute Gasteiger partial charge is 0.490 e. The number of hydrogen-bond acceptors (Lipinski definition) is 10. The molecule has 71 heavy (non-hydrogen) atoms. The molecule has 0 aliphatic carbocycles. The lowest BCUT2D eigenvalue weighted by molar-refractivity contribution is -0.193. The summed E-state index contributed by atoms with van der Waals surface area (Å²) in [6.45, 7) is 9.00. The number of carbonyl (C=O) groups is 7. The maximum atomic E-state index is 15.1. The predicted molar refractivity (Wildman–Crippen MR) is 248 cm³/mol. The molecule has 3 atom stereocenters. The summed E-state index contributed by atoms with van der Waals surface area (Å²) in [4.78, 5) is 83.2. The third-order valence-corrected chi connectivity index (χ3v) is 11.1. The van der Waals surface area contributed by atoms with Crippen molar-refractivity contribution in [2.45, 2.75) is 110 Å². The van der Waals surface area contributed by atoms with E-state index in [4.69, 9.17) is 31.3 Å². The Kier molecular flexibility index (Phi) is 26.8. The van der Waals surface area contributed by atoms with Crippen LogP contribution in [0, 0.1) is 23.0 Å². The zero-order valence-electron chi connectivity index (χ0n) is 39.6. The minimum Gasteiger partial charge on any atom is -0.480 e. The molecule has 0 saturated heterocycles. The molecule has 0 saturated carbocycles. The molecule has 0 aliphatic rings. The number of carboxylic acids is 3. The van der Waals surface area contributed by atoms with E-state index >= 15 is 4.39 Å². The lowest BCUT2D eigenvalue weighted by Gasteiger charge is -2.41. The van der Waals surface area contributed by atoms with Gasteiger partial charge in [-0.05, 0) is 80.9 Å². The Morgan fingerprint density at radius 3 is 1.87 bits per heavy atom. The molecule has 3 rings (SSSR count). The van der Waals surface area contributed by atoms with Gasteiger partial charge in [0.2, 0.25) is 11.8 Å². The van der Waals surface area contributed by atoms with E-state index < -0.39 is 71.2 Å². The number of carbonyl (C=O) groups excluding carboxylic acids is 4. The van der Waals surface area contributed by atoms with E-state index in [1.807, 2.05) is 61.7 Å². The standard InChI is InChI=1S/C43H59F2N5O6S.2C2HF3O2/c1-29(51)23-31(13-8-9-19-46)38(52)17-16-36(42(55)56)48-39(53)18-22-57-28-40(54)50(21-10-20-47)41(43(2,3)4)37-24-32(34-25-33(44)14-15-35(34)45)27-49(37)26-30-11-6-5-7-12-30;2*3-2(4,5)1(6)7/h5-7,11-12,14-15,24-25,27,31,36,41H,8-10,13,16-23,26,28,46-47H2,1-4H3,(H,48,53)(H,55,56);2*(H,6,7)/t31-,36-,41+;;/m1../s1. The molecular formula is C47H61F8N5O10S. The van der Waals surface area contributed by atoms with E-state index in [9.17, 15) is 59.8 Å². The number of unbranched alkanes of at least 4 members (excludes halogenated alkanes) is 1. The molecule has 0 radical (unpaired) electrons. The second-order valence-corrected chi connectivity index (χ2v) is 18.3. The number of aliphatic carboxylic acids is 3. The second kappa shape index (κ2) is 30.1. The summed E-state index contributed by atoms with van der Waals surface area (Å²) in [5, 5.41) is 26.5. The SMILES string of the molecule is CC(=O)C[C@@H](CCCCN)C(=O)CC[C@@H](NC(=O)CCSCC(=O)N(CCCN)[C@@H](c1cc(-c2cc(F)ccc2F)cn1Cc1ccccc1)C(C)(C)C)C(=O)O.O=C(O)C(F)(F)F.O=C(O)C(F)(F)F. The highest BCUT2D eigenvalue weighted by molar-refractivity contribution is 7.99. The first-order chi connectivity index (χ1) is 32.9. The average Bonchev–Trinajstić information content (AvgIpc) is 3.66. The van der Waals surface area contributed by atoms with Crippen LogP contribution in [-0.2, 0) is 40.1 Å². The lowest BCUT2D eigenvalue weighted by Crippen LogP contribution is -2.44. The van der Waals surface area contributed by atoms with Crippen molar-refractivity contribution in [3.05, 3.63) is 83.7 Å². The molecule has 0 aliphatic heterocycles. The van der Waals surface area contributed by atoms with Crippen molar-refractivity contribution in [2.24, 2.45) is 22.8 Å². The monoisotopic (exact) mass is 1040 g/mol. The summed E-state index contributed by atoms with van der Waals surface area (Å²) in [6, 6.07) is 13.0. The molecule has 24 heteroatoms. The van der Waals surface area contributed by atoms with Crippen molar-refractivity contribution in [2.75, 3.05) is 31.1 Å². The molecule has 3 aromatic rings. The number of halogens is 8. The van der Waals surface area contributed by atoms with Gasteiger partial charge in [-0.15, -0.1) is 0 Å². The number of amides is 2. The molecule has 0 bridgehead atoms. The summed E-state index contributed by atoms with van der Waals surface area (Å²) < 4.78 is 94.9. The number of rotatable bonds is 25. The van der Waals surface area contributed by atoms with Crippen molar-refractivity contribution in [3.8, 4) is 11.1 Å². The minimum absolute atomic E-state index is 0.0216. The van der Waals surface area contributed by atoms with Crippen LogP contribution in [0.2, 0.25) is 0 Å². The van der Waals surface area contributed by atoms with E-state index in [1.165, 1.54) is 18.7 Å². The van der Waals surface area contributed by atoms with Crippen LogP contribution in [0.1, 0.15) is 96.4 Å². The van der Waals surface area contributed by atoms with Gasteiger partial charge in [-0.2, -0.15) is 38.1 Å². The summed E-state index contributed by atoms with van der Waals surface area (Å²) >= 11 is 1.24.